The highest BCUT2D eigenvalue weighted by molar-refractivity contribution is 5.90. The molecule has 150 valence electrons. The van der Waals surface area contributed by atoms with Crippen LogP contribution >= 0.6 is 0 Å². The second-order valence-electron chi connectivity index (χ2n) is 7.83. The summed E-state index contributed by atoms with van der Waals surface area (Å²) >= 11 is 0. The van der Waals surface area contributed by atoms with Crippen molar-refractivity contribution in [2.24, 2.45) is 5.92 Å². The summed E-state index contributed by atoms with van der Waals surface area (Å²) in [7, 11) is 0. The van der Waals surface area contributed by atoms with Gasteiger partial charge in [0.15, 0.2) is 0 Å². The summed E-state index contributed by atoms with van der Waals surface area (Å²) in [6, 6.07) is 7.81. The molecule has 4 rings (SSSR count). The maximum absolute atomic E-state index is 13.4. The van der Waals surface area contributed by atoms with E-state index < -0.39 is 11.7 Å². The van der Waals surface area contributed by atoms with Gasteiger partial charge in [0.1, 0.15) is 5.82 Å². The minimum absolute atomic E-state index is 0.0988. The van der Waals surface area contributed by atoms with Crippen molar-refractivity contribution < 1.29 is 18.0 Å². The molecular formula is C20H23F3N4O. The van der Waals surface area contributed by atoms with E-state index in [1.165, 1.54) is 22.9 Å². The van der Waals surface area contributed by atoms with Crippen LogP contribution in [0.3, 0.4) is 0 Å². The Hall–Kier alpha value is -2.35. The number of carbonyl (C=O) groups is 1. The largest absolute Gasteiger partial charge is 0.418 e. The molecule has 2 saturated heterocycles. The van der Waals surface area contributed by atoms with Crippen LogP contribution in [0.1, 0.15) is 43.4 Å². The summed E-state index contributed by atoms with van der Waals surface area (Å²) in [6.07, 6.45) is 0.121. The molecule has 1 amide bonds. The third-order valence-electron chi connectivity index (χ3n) is 5.58. The van der Waals surface area contributed by atoms with Gasteiger partial charge in [0.2, 0.25) is 5.91 Å². The normalized spacial score (nSPS) is 24.4. The van der Waals surface area contributed by atoms with Crippen LogP contribution < -0.4 is 10.6 Å². The molecule has 1 aromatic carbocycles. The number of hydrogen-bond acceptors (Lipinski definition) is 3. The van der Waals surface area contributed by atoms with Crippen LogP contribution in [0.2, 0.25) is 0 Å². The topological polar surface area (TPSA) is 59.0 Å². The average molecular weight is 392 g/mol. The molecule has 2 aliphatic heterocycles. The van der Waals surface area contributed by atoms with Crippen LogP contribution in [0.4, 0.5) is 19.0 Å². The van der Waals surface area contributed by atoms with Gasteiger partial charge in [-0.1, -0.05) is 12.1 Å². The number of halogens is 3. The standard InChI is InChI=1S/C20H23F3N4O/c1-12-8-18(25-19(28)11-13-9-14-6-7-15(10-13)24-14)27(26-12)17-5-3-2-4-16(17)20(21,22)23/h2-5,8,13-15,24H,6-7,9-11H2,1H3,(H,25,28). The quantitative estimate of drug-likeness (QED) is 0.825. The second-order valence-corrected chi connectivity index (χ2v) is 7.83. The molecule has 2 atom stereocenters. The van der Waals surface area contributed by atoms with Crippen molar-refractivity contribution in [3.63, 3.8) is 0 Å². The van der Waals surface area contributed by atoms with Crippen molar-refractivity contribution in [3.05, 3.63) is 41.6 Å². The Balaban J connectivity index is 1.53. The first-order valence-electron chi connectivity index (χ1n) is 9.59. The zero-order valence-corrected chi connectivity index (χ0v) is 15.6. The Morgan fingerprint density at radius 2 is 1.93 bits per heavy atom. The van der Waals surface area contributed by atoms with E-state index in [0.717, 1.165) is 31.7 Å². The van der Waals surface area contributed by atoms with Gasteiger partial charge in [-0.05, 0) is 50.7 Å². The van der Waals surface area contributed by atoms with Gasteiger partial charge in [0, 0.05) is 24.6 Å². The van der Waals surface area contributed by atoms with E-state index in [2.05, 4.69) is 15.7 Å². The van der Waals surface area contributed by atoms with Gasteiger partial charge in [-0.2, -0.15) is 18.3 Å². The third kappa shape index (κ3) is 3.92. The molecule has 1 aromatic heterocycles. The summed E-state index contributed by atoms with van der Waals surface area (Å²) in [6.45, 7) is 1.69. The minimum Gasteiger partial charge on any atom is -0.311 e. The Bertz CT molecular complexity index is 865. The van der Waals surface area contributed by atoms with Crippen LogP contribution in [0, 0.1) is 12.8 Å². The molecule has 0 radical (unpaired) electrons. The molecule has 2 N–H and O–H groups in total. The molecule has 0 saturated carbocycles. The number of rotatable bonds is 4. The maximum atomic E-state index is 13.4. The summed E-state index contributed by atoms with van der Waals surface area (Å²) in [5, 5.41) is 10.5. The average Bonchev–Trinajstić information content (AvgIpc) is 3.15. The van der Waals surface area contributed by atoms with E-state index in [0.29, 0.717) is 30.1 Å². The first-order valence-corrected chi connectivity index (χ1v) is 9.59. The number of amides is 1. The van der Waals surface area contributed by atoms with E-state index >= 15 is 0 Å². The van der Waals surface area contributed by atoms with Crippen LogP contribution in [0.5, 0.6) is 0 Å². The van der Waals surface area contributed by atoms with Crippen molar-refractivity contribution in [2.75, 3.05) is 5.32 Å². The molecule has 2 fully saturated rings. The van der Waals surface area contributed by atoms with Crippen LogP contribution in [-0.4, -0.2) is 27.8 Å². The fourth-order valence-electron chi connectivity index (χ4n) is 4.47. The highest BCUT2D eigenvalue weighted by Crippen LogP contribution is 2.35. The predicted molar refractivity (Wildman–Crippen MR) is 99.2 cm³/mol. The Kier molecular flexibility index (Phi) is 4.91. The molecule has 2 aromatic rings. The van der Waals surface area contributed by atoms with Crippen LogP contribution in [0.15, 0.2) is 30.3 Å². The second kappa shape index (κ2) is 7.24. The molecule has 5 nitrogen and oxygen atoms in total. The first kappa shape index (κ1) is 19.0. The number of piperidine rings is 1. The third-order valence-corrected chi connectivity index (χ3v) is 5.58. The fraction of sp³-hybridized carbons (Fsp3) is 0.500. The maximum Gasteiger partial charge on any atom is 0.418 e. The molecule has 0 spiro atoms. The lowest BCUT2D eigenvalue weighted by Gasteiger charge is -2.28. The first-order chi connectivity index (χ1) is 13.3. The summed E-state index contributed by atoms with van der Waals surface area (Å²) < 4.78 is 41.3. The number of anilines is 1. The van der Waals surface area contributed by atoms with Gasteiger partial charge >= 0.3 is 6.18 Å². The number of benzene rings is 1. The smallest absolute Gasteiger partial charge is 0.311 e. The molecule has 2 unspecified atom stereocenters. The van der Waals surface area contributed by atoms with E-state index in [-0.39, 0.29) is 17.4 Å². The Morgan fingerprint density at radius 3 is 2.61 bits per heavy atom. The minimum atomic E-state index is -4.51. The van der Waals surface area contributed by atoms with Gasteiger partial charge < -0.3 is 10.6 Å². The fourth-order valence-corrected chi connectivity index (χ4v) is 4.47. The SMILES string of the molecule is Cc1cc(NC(=O)CC2CC3CCC(C2)N3)n(-c2ccccc2C(F)(F)F)n1. The Labute approximate surface area is 161 Å². The van der Waals surface area contributed by atoms with Gasteiger partial charge in [-0.15, -0.1) is 0 Å². The lowest BCUT2D eigenvalue weighted by molar-refractivity contribution is -0.137. The molecule has 28 heavy (non-hydrogen) atoms. The number of carbonyl (C=O) groups excluding carboxylic acids is 1. The molecule has 2 aliphatic rings. The van der Waals surface area contributed by atoms with Crippen molar-refractivity contribution >= 4 is 11.7 Å². The number of fused-ring (bicyclic) bond motifs is 2. The number of nitrogens with one attached hydrogen (secondary N) is 2. The summed E-state index contributed by atoms with van der Waals surface area (Å²) in [5.74, 6) is 0.381. The predicted octanol–water partition coefficient (Wildman–Crippen LogP) is 4.06. The number of para-hydroxylation sites is 1. The number of hydrogen-bond donors (Lipinski definition) is 2. The highest BCUT2D eigenvalue weighted by atomic mass is 19.4. The summed E-state index contributed by atoms with van der Waals surface area (Å²) in [5.41, 5.74) is -0.353. The van der Waals surface area contributed by atoms with Gasteiger partial charge in [-0.25, -0.2) is 4.68 Å². The molecule has 2 bridgehead atoms. The van der Waals surface area contributed by atoms with Crippen LogP contribution in [-0.2, 0) is 11.0 Å². The lowest BCUT2D eigenvalue weighted by atomic mass is 9.89. The van der Waals surface area contributed by atoms with Crippen LogP contribution in [0.25, 0.3) is 5.69 Å². The van der Waals surface area contributed by atoms with Crippen molar-refractivity contribution in [1.29, 1.82) is 0 Å². The summed E-state index contributed by atoms with van der Waals surface area (Å²) in [4.78, 5) is 12.6. The van der Waals surface area contributed by atoms with Crippen molar-refractivity contribution in [3.8, 4) is 5.69 Å². The number of nitrogens with zero attached hydrogens (tertiary/aromatic N) is 2. The van der Waals surface area contributed by atoms with E-state index in [4.69, 9.17) is 0 Å². The zero-order chi connectivity index (χ0) is 19.9. The van der Waals surface area contributed by atoms with Gasteiger partial charge in [0.25, 0.3) is 0 Å². The van der Waals surface area contributed by atoms with Crippen molar-refractivity contribution in [1.82, 2.24) is 15.1 Å². The van der Waals surface area contributed by atoms with Crippen molar-refractivity contribution in [2.45, 2.75) is 57.3 Å². The molecular weight excluding hydrogens is 369 g/mol. The molecule has 0 aliphatic carbocycles. The number of alkyl halides is 3. The molecule has 8 heteroatoms. The van der Waals surface area contributed by atoms with E-state index in [1.54, 1.807) is 13.0 Å². The van der Waals surface area contributed by atoms with E-state index in [9.17, 15) is 18.0 Å². The van der Waals surface area contributed by atoms with E-state index in [1.807, 2.05) is 0 Å². The number of aromatic nitrogens is 2. The highest BCUT2D eigenvalue weighted by Gasteiger charge is 2.35. The lowest BCUT2D eigenvalue weighted by Crippen LogP contribution is -2.39. The zero-order valence-electron chi connectivity index (χ0n) is 15.6. The number of aryl methyl sites for hydroxylation is 1. The molecule has 3 heterocycles. The van der Waals surface area contributed by atoms with Gasteiger partial charge in [0.05, 0.1) is 16.9 Å². The monoisotopic (exact) mass is 392 g/mol. The van der Waals surface area contributed by atoms with Gasteiger partial charge in [-0.3, -0.25) is 4.79 Å². The Morgan fingerprint density at radius 1 is 1.25 bits per heavy atom.